The summed E-state index contributed by atoms with van der Waals surface area (Å²) in [6.45, 7) is 35.8. The second-order valence-electron chi connectivity index (χ2n) is 19.1. The number of nitrogens with zero attached hydrogens (tertiary/aromatic N) is 8. The quantitative estimate of drug-likeness (QED) is 0.111. The van der Waals surface area contributed by atoms with E-state index in [0.29, 0.717) is 0 Å². The van der Waals surface area contributed by atoms with E-state index in [1.165, 1.54) is 0 Å². The monoisotopic (exact) mass is 868 g/mol. The van der Waals surface area contributed by atoms with Crippen LogP contribution >= 0.6 is 15.6 Å². The first-order valence-electron chi connectivity index (χ1n) is 17.7. The SMILES string of the molecule is C[B-](C)([n+]1ccn(C(C)(C)C)c1)[n+]1ccn(C(C)(C)C)c1.C[B-](C)([n+]1ccn(C(C)(C)C)c1)[n+]1ccn(C(C)(C)C)c1.F[P-](F)(F)(F)(F)F.F[P-](F)(F)(F)(F)F. The molecular weight excluding hydrogens is 808 g/mol. The molecule has 0 fully saturated rings. The Labute approximate surface area is 322 Å². The van der Waals surface area contributed by atoms with Crippen LogP contribution in [0.5, 0.6) is 0 Å². The van der Waals surface area contributed by atoms with E-state index >= 15 is 0 Å². The molecule has 0 aromatic carbocycles. The van der Waals surface area contributed by atoms with E-state index < -0.39 is 28.4 Å². The van der Waals surface area contributed by atoms with Crippen molar-refractivity contribution in [1.82, 2.24) is 18.3 Å². The van der Waals surface area contributed by atoms with Crippen LogP contribution < -0.4 is 17.9 Å². The Morgan fingerprint density at radius 3 is 0.554 bits per heavy atom. The number of halogens is 12. The Morgan fingerprint density at radius 1 is 0.339 bits per heavy atom. The van der Waals surface area contributed by atoms with Crippen LogP contribution in [-0.4, -0.2) is 31.1 Å². The van der Waals surface area contributed by atoms with E-state index in [9.17, 15) is 50.4 Å². The summed E-state index contributed by atoms with van der Waals surface area (Å²) in [4.78, 5) is 0. The molecule has 0 spiro atoms. The maximum atomic E-state index is 9.87. The number of hydrogen-bond donors (Lipinski definition) is 0. The van der Waals surface area contributed by atoms with Gasteiger partial charge in [0.25, 0.3) is 0 Å². The molecule has 0 unspecified atom stereocenters. The van der Waals surface area contributed by atoms with Gasteiger partial charge in [0.2, 0.25) is 0 Å². The second-order valence-corrected chi connectivity index (χ2v) is 23.0. The molecule has 0 bridgehead atoms. The molecule has 0 saturated heterocycles. The van der Waals surface area contributed by atoms with Crippen molar-refractivity contribution in [2.45, 2.75) is 133 Å². The predicted octanol–water partition coefficient (Wildman–Crippen LogP) is 11.7. The second kappa shape index (κ2) is 13.8. The average molecular weight is 868 g/mol. The molecule has 0 radical (unpaired) electrons. The van der Waals surface area contributed by atoms with E-state index in [0.717, 1.165) is 0 Å². The number of rotatable bonds is 4. The van der Waals surface area contributed by atoms with Gasteiger partial charge in [-0.3, -0.25) is 0 Å². The van der Waals surface area contributed by atoms with Gasteiger partial charge in [-0.2, -0.15) is 0 Å². The summed E-state index contributed by atoms with van der Waals surface area (Å²) in [7, 11) is -21.3. The van der Waals surface area contributed by atoms with Crippen LogP contribution in [0.25, 0.3) is 0 Å². The van der Waals surface area contributed by atoms with E-state index in [1.54, 1.807) is 0 Å². The molecule has 0 atom stereocenters. The van der Waals surface area contributed by atoms with Gasteiger partial charge in [0.15, 0.2) is 25.3 Å². The third-order valence-electron chi connectivity index (χ3n) is 8.65. The minimum absolute atomic E-state index is 0.111. The number of imidazole rings is 4. The first-order chi connectivity index (χ1) is 23.7. The summed E-state index contributed by atoms with van der Waals surface area (Å²) < 4.78 is 137. The van der Waals surface area contributed by atoms with Crippen molar-refractivity contribution in [2.75, 3.05) is 0 Å². The van der Waals surface area contributed by atoms with Gasteiger partial charge < -0.3 is 17.9 Å². The number of hydrogen-bond acceptors (Lipinski definition) is 0. The van der Waals surface area contributed by atoms with Gasteiger partial charge in [0, 0.05) is 0 Å². The van der Waals surface area contributed by atoms with E-state index in [4.69, 9.17) is 0 Å². The molecule has 4 aromatic rings. The summed E-state index contributed by atoms with van der Waals surface area (Å²) in [5, 5.41) is 0. The molecule has 0 aliphatic carbocycles. The Kier molecular flexibility index (Phi) is 12.6. The van der Waals surface area contributed by atoms with Crippen LogP contribution in [0.4, 0.5) is 50.4 Å². The topological polar surface area (TPSA) is 35.2 Å². The Bertz CT molecular complexity index is 1660. The van der Waals surface area contributed by atoms with Gasteiger partial charge in [-0.05, 0) is 83.1 Å². The standard InChI is InChI=1S/2C16H30BN4.2F6P/c2*1-15(2,3)18-9-11-20(13-18)17(7,8)21-12-10-19(14-21)16(4,5)6;2*1-7(2,3,4,5)6/h2*9-14H,1-8H3;;/q2*+1;2*-1. The molecule has 0 aliphatic rings. The molecule has 0 amide bonds. The molecule has 4 aromatic heterocycles. The van der Waals surface area contributed by atoms with E-state index in [-0.39, 0.29) is 22.2 Å². The van der Waals surface area contributed by atoms with Gasteiger partial charge in [0.1, 0.15) is 46.9 Å². The van der Waals surface area contributed by atoms with Crippen molar-refractivity contribution in [3.05, 3.63) is 74.9 Å². The zero-order chi connectivity index (χ0) is 44.9. The van der Waals surface area contributed by atoms with Crippen LogP contribution in [0.15, 0.2) is 74.9 Å². The molecule has 4 rings (SSSR count). The summed E-state index contributed by atoms with van der Waals surface area (Å²) in [6.07, 6.45) is 24.4. The third kappa shape index (κ3) is 19.4. The molecule has 24 heteroatoms. The maximum absolute atomic E-state index is 10.7. The van der Waals surface area contributed by atoms with Crippen molar-refractivity contribution in [1.29, 1.82) is 0 Å². The summed E-state index contributed by atoms with van der Waals surface area (Å²) in [5.74, 6) is 0. The predicted molar refractivity (Wildman–Crippen MR) is 202 cm³/mol. The fourth-order valence-corrected chi connectivity index (χ4v) is 4.87. The zero-order valence-corrected chi connectivity index (χ0v) is 36.9. The fraction of sp³-hybridized carbons (Fsp3) is 0.625. The van der Waals surface area contributed by atoms with Crippen LogP contribution in [-0.2, 0) is 22.2 Å². The van der Waals surface area contributed by atoms with E-state index in [2.05, 4.69) is 221 Å². The van der Waals surface area contributed by atoms with Gasteiger partial charge in [-0.1, -0.05) is 0 Å². The molecule has 328 valence electrons. The van der Waals surface area contributed by atoms with Gasteiger partial charge in [0.05, 0.1) is 24.8 Å². The van der Waals surface area contributed by atoms with Crippen LogP contribution in [0.2, 0.25) is 27.3 Å². The summed E-state index contributed by atoms with van der Waals surface area (Å²) in [6, 6.07) is 0. The molecular formula is C32H60B2F12N8P2. The molecule has 0 N–H and O–H groups in total. The summed E-state index contributed by atoms with van der Waals surface area (Å²) in [5.41, 5.74) is 0.442. The molecule has 56 heavy (non-hydrogen) atoms. The summed E-state index contributed by atoms with van der Waals surface area (Å²) >= 11 is 0. The van der Waals surface area contributed by atoms with Crippen molar-refractivity contribution in [3.8, 4) is 0 Å². The van der Waals surface area contributed by atoms with Crippen LogP contribution in [0.3, 0.4) is 0 Å². The number of aromatic nitrogens is 8. The molecule has 0 saturated carbocycles. The van der Waals surface area contributed by atoms with Crippen molar-refractivity contribution < 1.29 is 68.3 Å². The Morgan fingerprint density at radius 2 is 0.464 bits per heavy atom. The Balaban J connectivity index is 0.000000421. The minimum atomic E-state index is -10.7. The molecule has 4 heterocycles. The van der Waals surface area contributed by atoms with Crippen molar-refractivity contribution in [3.63, 3.8) is 0 Å². The van der Waals surface area contributed by atoms with Gasteiger partial charge in [-0.15, -0.1) is 27.3 Å². The molecule has 0 aliphatic heterocycles. The van der Waals surface area contributed by atoms with Crippen molar-refractivity contribution in [2.24, 2.45) is 0 Å². The van der Waals surface area contributed by atoms with Gasteiger partial charge in [-0.25, -0.2) is 18.3 Å². The van der Waals surface area contributed by atoms with Gasteiger partial charge >= 0.3 is 78.8 Å². The first kappa shape index (κ1) is 51.0. The Hall–Kier alpha value is -3.01. The van der Waals surface area contributed by atoms with Crippen LogP contribution in [0.1, 0.15) is 83.1 Å². The van der Waals surface area contributed by atoms with Crippen LogP contribution in [0, 0.1) is 0 Å². The molecule has 8 nitrogen and oxygen atoms in total. The van der Waals surface area contributed by atoms with E-state index in [1.807, 2.05) is 0 Å². The fourth-order valence-electron chi connectivity index (χ4n) is 4.87. The zero-order valence-electron chi connectivity index (χ0n) is 35.1. The first-order valence-corrected chi connectivity index (χ1v) is 21.8. The normalized spacial score (nSPS) is 16.1. The van der Waals surface area contributed by atoms with Crippen molar-refractivity contribution >= 4 is 28.4 Å². The average Bonchev–Trinajstić information content (AvgIpc) is 3.69. The third-order valence-corrected chi connectivity index (χ3v) is 8.65.